The highest BCUT2D eigenvalue weighted by Gasteiger charge is 2.23. The summed E-state index contributed by atoms with van der Waals surface area (Å²) in [5.74, 6) is 0. The van der Waals surface area contributed by atoms with E-state index in [1.807, 2.05) is 6.07 Å². The zero-order valence-corrected chi connectivity index (χ0v) is 12.1. The Morgan fingerprint density at radius 3 is 3.05 bits per heavy atom. The second-order valence-electron chi connectivity index (χ2n) is 5.36. The smallest absolute Gasteiger partial charge is 0.0936 e. The molecule has 1 atom stereocenters. The first-order valence-electron chi connectivity index (χ1n) is 6.92. The van der Waals surface area contributed by atoms with Gasteiger partial charge in [0.1, 0.15) is 0 Å². The van der Waals surface area contributed by atoms with E-state index in [4.69, 9.17) is 21.1 Å². The maximum absolute atomic E-state index is 6.22. The molecule has 1 aromatic rings. The molecule has 104 valence electrons. The lowest BCUT2D eigenvalue weighted by Gasteiger charge is -2.34. The number of hydrogen-bond donors (Lipinski definition) is 0. The third-order valence-electron chi connectivity index (χ3n) is 4.06. The van der Waals surface area contributed by atoms with Crippen LogP contribution < -0.4 is 0 Å². The second kappa shape index (κ2) is 5.80. The van der Waals surface area contributed by atoms with Crippen molar-refractivity contribution >= 4 is 11.6 Å². The molecule has 3 nitrogen and oxygen atoms in total. The number of nitrogens with zero attached hydrogens (tertiary/aromatic N) is 1. The van der Waals surface area contributed by atoms with Crippen LogP contribution in [0.4, 0.5) is 0 Å². The summed E-state index contributed by atoms with van der Waals surface area (Å²) in [5.41, 5.74) is 4.07. The molecule has 0 aliphatic carbocycles. The van der Waals surface area contributed by atoms with E-state index in [1.165, 1.54) is 16.7 Å². The van der Waals surface area contributed by atoms with Crippen molar-refractivity contribution in [3.05, 3.63) is 33.8 Å². The molecule has 1 unspecified atom stereocenters. The van der Waals surface area contributed by atoms with Crippen LogP contribution in [0, 0.1) is 6.92 Å². The SMILES string of the molecule is Cc1c(Cl)ccc2c1CN(CC1COCCO1)CC2. The molecule has 1 fully saturated rings. The summed E-state index contributed by atoms with van der Waals surface area (Å²) >= 11 is 6.22. The highest BCUT2D eigenvalue weighted by Crippen LogP contribution is 2.27. The molecular formula is C15H20ClNO2. The van der Waals surface area contributed by atoms with Crippen LogP contribution >= 0.6 is 11.6 Å². The lowest BCUT2D eigenvalue weighted by Crippen LogP contribution is -2.42. The van der Waals surface area contributed by atoms with E-state index in [2.05, 4.69) is 17.9 Å². The first kappa shape index (κ1) is 13.4. The predicted octanol–water partition coefficient (Wildman–Crippen LogP) is 2.42. The zero-order chi connectivity index (χ0) is 13.2. The highest BCUT2D eigenvalue weighted by molar-refractivity contribution is 6.31. The van der Waals surface area contributed by atoms with Gasteiger partial charge in [0.2, 0.25) is 0 Å². The van der Waals surface area contributed by atoms with E-state index < -0.39 is 0 Å². The Morgan fingerprint density at radius 2 is 2.26 bits per heavy atom. The Kier molecular flexibility index (Phi) is 4.08. The molecule has 0 aromatic heterocycles. The van der Waals surface area contributed by atoms with E-state index in [0.29, 0.717) is 0 Å². The van der Waals surface area contributed by atoms with Gasteiger partial charge in [-0.3, -0.25) is 4.90 Å². The van der Waals surface area contributed by atoms with E-state index in [-0.39, 0.29) is 6.10 Å². The standard InChI is InChI=1S/C15H20ClNO2/c1-11-14-9-17(8-13-10-18-6-7-19-13)5-4-12(14)2-3-15(11)16/h2-3,13H,4-10H2,1H3. The molecule has 1 aromatic carbocycles. The van der Waals surface area contributed by atoms with Gasteiger partial charge in [-0.1, -0.05) is 17.7 Å². The maximum atomic E-state index is 6.22. The quantitative estimate of drug-likeness (QED) is 0.831. The summed E-state index contributed by atoms with van der Waals surface area (Å²) in [6.07, 6.45) is 1.32. The molecule has 2 aliphatic rings. The largest absolute Gasteiger partial charge is 0.376 e. The van der Waals surface area contributed by atoms with Crippen LogP contribution in [0.1, 0.15) is 16.7 Å². The molecule has 3 rings (SSSR count). The topological polar surface area (TPSA) is 21.7 Å². The first-order valence-corrected chi connectivity index (χ1v) is 7.30. The van der Waals surface area contributed by atoms with Crippen molar-refractivity contribution in [2.24, 2.45) is 0 Å². The van der Waals surface area contributed by atoms with Gasteiger partial charge >= 0.3 is 0 Å². The number of benzene rings is 1. The van der Waals surface area contributed by atoms with E-state index in [1.54, 1.807) is 0 Å². The molecule has 2 aliphatic heterocycles. The van der Waals surface area contributed by atoms with Crippen LogP contribution in [0.15, 0.2) is 12.1 Å². The van der Waals surface area contributed by atoms with Gasteiger partial charge in [0.25, 0.3) is 0 Å². The van der Waals surface area contributed by atoms with Gasteiger partial charge in [-0.05, 0) is 36.1 Å². The molecule has 0 amide bonds. The normalized spacial score (nSPS) is 24.2. The lowest BCUT2D eigenvalue weighted by molar-refractivity contribution is -0.0985. The van der Waals surface area contributed by atoms with Crippen molar-refractivity contribution in [1.29, 1.82) is 0 Å². The Balaban J connectivity index is 1.69. The van der Waals surface area contributed by atoms with Crippen LogP contribution in [0.2, 0.25) is 5.02 Å². The van der Waals surface area contributed by atoms with Crippen molar-refractivity contribution < 1.29 is 9.47 Å². The molecular weight excluding hydrogens is 262 g/mol. The van der Waals surface area contributed by atoms with Crippen LogP contribution in [0.25, 0.3) is 0 Å². The summed E-state index contributed by atoms with van der Waals surface area (Å²) in [5, 5.41) is 0.873. The Bertz CT molecular complexity index is 458. The lowest BCUT2D eigenvalue weighted by atomic mass is 9.95. The average Bonchev–Trinajstić information content (AvgIpc) is 2.45. The second-order valence-corrected chi connectivity index (χ2v) is 5.77. The van der Waals surface area contributed by atoms with Crippen molar-refractivity contribution in [3.8, 4) is 0 Å². The fraction of sp³-hybridized carbons (Fsp3) is 0.600. The van der Waals surface area contributed by atoms with Crippen LogP contribution in [-0.2, 0) is 22.4 Å². The average molecular weight is 282 g/mol. The molecule has 0 radical (unpaired) electrons. The summed E-state index contributed by atoms with van der Waals surface area (Å²) in [6, 6.07) is 4.19. The van der Waals surface area contributed by atoms with Crippen molar-refractivity contribution in [3.63, 3.8) is 0 Å². The number of ether oxygens (including phenoxy) is 2. The van der Waals surface area contributed by atoms with Gasteiger partial charge < -0.3 is 9.47 Å². The molecule has 4 heteroatoms. The fourth-order valence-corrected chi connectivity index (χ4v) is 3.08. The first-order chi connectivity index (χ1) is 9.24. The summed E-state index contributed by atoms with van der Waals surface area (Å²) < 4.78 is 11.2. The summed E-state index contributed by atoms with van der Waals surface area (Å²) in [4.78, 5) is 2.45. The van der Waals surface area contributed by atoms with E-state index in [0.717, 1.165) is 50.9 Å². The molecule has 0 N–H and O–H groups in total. The molecule has 2 heterocycles. The van der Waals surface area contributed by atoms with Gasteiger partial charge in [-0.25, -0.2) is 0 Å². The third-order valence-corrected chi connectivity index (χ3v) is 4.46. The number of hydrogen-bond acceptors (Lipinski definition) is 3. The van der Waals surface area contributed by atoms with Gasteiger partial charge in [0, 0.05) is 24.7 Å². The molecule has 0 bridgehead atoms. The number of halogens is 1. The number of fused-ring (bicyclic) bond motifs is 1. The van der Waals surface area contributed by atoms with Gasteiger partial charge in [-0.15, -0.1) is 0 Å². The summed E-state index contributed by atoms with van der Waals surface area (Å²) in [6.45, 7) is 7.30. The predicted molar refractivity (Wildman–Crippen MR) is 75.7 cm³/mol. The highest BCUT2D eigenvalue weighted by atomic mass is 35.5. The van der Waals surface area contributed by atoms with Gasteiger partial charge in [0.05, 0.1) is 25.9 Å². The Hall–Kier alpha value is -0.610. The van der Waals surface area contributed by atoms with E-state index in [9.17, 15) is 0 Å². The summed E-state index contributed by atoms with van der Waals surface area (Å²) in [7, 11) is 0. The Morgan fingerprint density at radius 1 is 1.37 bits per heavy atom. The van der Waals surface area contributed by atoms with E-state index >= 15 is 0 Å². The fourth-order valence-electron chi connectivity index (χ4n) is 2.91. The van der Waals surface area contributed by atoms with Crippen LogP contribution in [-0.4, -0.2) is 43.9 Å². The zero-order valence-electron chi connectivity index (χ0n) is 11.3. The molecule has 19 heavy (non-hydrogen) atoms. The van der Waals surface area contributed by atoms with Crippen LogP contribution in [0.3, 0.4) is 0 Å². The Labute approximate surface area is 119 Å². The van der Waals surface area contributed by atoms with Crippen molar-refractivity contribution in [1.82, 2.24) is 4.90 Å². The minimum Gasteiger partial charge on any atom is -0.376 e. The van der Waals surface area contributed by atoms with Gasteiger partial charge in [-0.2, -0.15) is 0 Å². The maximum Gasteiger partial charge on any atom is 0.0936 e. The minimum atomic E-state index is 0.217. The van der Waals surface area contributed by atoms with Gasteiger partial charge in [0.15, 0.2) is 0 Å². The third kappa shape index (κ3) is 2.95. The van der Waals surface area contributed by atoms with Crippen LogP contribution in [0.5, 0.6) is 0 Å². The minimum absolute atomic E-state index is 0.217. The van der Waals surface area contributed by atoms with Crippen molar-refractivity contribution in [2.75, 3.05) is 32.9 Å². The monoisotopic (exact) mass is 281 g/mol. The molecule has 0 saturated carbocycles. The molecule has 1 saturated heterocycles. The molecule has 0 spiro atoms. The number of rotatable bonds is 2. The van der Waals surface area contributed by atoms with Crippen molar-refractivity contribution in [2.45, 2.75) is 26.0 Å².